The molecule has 1 unspecified atom stereocenters. The Bertz CT molecular complexity index is 1340. The number of aromatic nitrogens is 1. The van der Waals surface area contributed by atoms with Crippen LogP contribution in [0.3, 0.4) is 0 Å². The van der Waals surface area contributed by atoms with Crippen LogP contribution in [0.2, 0.25) is 0 Å². The van der Waals surface area contributed by atoms with E-state index in [0.717, 1.165) is 31.7 Å². The van der Waals surface area contributed by atoms with E-state index in [-0.39, 0.29) is 17.8 Å². The molecule has 3 heterocycles. The minimum atomic E-state index is -0.363. The highest BCUT2D eigenvalue weighted by molar-refractivity contribution is 7.16. The summed E-state index contributed by atoms with van der Waals surface area (Å²) in [6.07, 6.45) is -0.363. The molecule has 0 fully saturated rings. The molecule has 1 aliphatic rings. The normalized spacial score (nSPS) is 15.7. The van der Waals surface area contributed by atoms with Crippen LogP contribution in [0.15, 0.2) is 65.2 Å². The van der Waals surface area contributed by atoms with Crippen molar-refractivity contribution >= 4 is 45.6 Å². The predicted octanol–water partition coefficient (Wildman–Crippen LogP) is 6.68. The van der Waals surface area contributed by atoms with Gasteiger partial charge in [0.2, 0.25) is 0 Å². The third-order valence-corrected chi connectivity index (χ3v) is 7.48. The lowest BCUT2D eigenvalue weighted by Gasteiger charge is -2.43. The Balaban J connectivity index is 1.67. The number of nitroso groups, excluding NO2 is 1. The van der Waals surface area contributed by atoms with Gasteiger partial charge in [-0.15, -0.1) is 27.6 Å². The first-order valence-electron chi connectivity index (χ1n) is 10.1. The number of fused-ring (bicyclic) bond motifs is 1. The van der Waals surface area contributed by atoms with Crippen LogP contribution in [0.1, 0.15) is 32.0 Å². The number of nitrogens with zero attached hydrogens (tertiary/aromatic N) is 4. The van der Waals surface area contributed by atoms with E-state index < -0.39 is 0 Å². The third-order valence-electron chi connectivity index (χ3n) is 5.56. The van der Waals surface area contributed by atoms with Crippen molar-refractivity contribution in [1.29, 1.82) is 0 Å². The first-order valence-corrected chi connectivity index (χ1v) is 11.8. The molecule has 0 saturated carbocycles. The van der Waals surface area contributed by atoms with E-state index in [1.54, 1.807) is 45.8 Å². The highest BCUT2D eigenvalue weighted by Crippen LogP contribution is 2.44. The second-order valence-electron chi connectivity index (χ2n) is 7.75. The van der Waals surface area contributed by atoms with Gasteiger partial charge in [0.1, 0.15) is 11.9 Å². The summed E-state index contributed by atoms with van der Waals surface area (Å²) in [6, 6.07) is 16.9. The number of amides is 1. The summed E-state index contributed by atoms with van der Waals surface area (Å²) >= 11 is 3.24. The van der Waals surface area contributed by atoms with Crippen LogP contribution in [0.4, 0.5) is 17.1 Å². The molecule has 4 aromatic rings. The molecular weight excluding hydrogens is 440 g/mol. The summed E-state index contributed by atoms with van der Waals surface area (Å²) in [5.74, 6) is -0.102. The molecule has 6 nitrogen and oxygen atoms in total. The number of hydrogen-bond donors (Lipinski definition) is 0. The third kappa shape index (κ3) is 3.41. The number of aryl methyl sites for hydroxylation is 2. The Morgan fingerprint density at radius 1 is 1.06 bits per heavy atom. The van der Waals surface area contributed by atoms with E-state index in [9.17, 15) is 9.70 Å². The molecule has 8 heteroatoms. The molecule has 5 rings (SSSR count). The lowest BCUT2D eigenvalue weighted by Crippen LogP contribution is -2.48. The quantitative estimate of drug-likeness (QED) is 0.319. The zero-order valence-corrected chi connectivity index (χ0v) is 19.4. The number of anilines is 2. The van der Waals surface area contributed by atoms with Crippen molar-refractivity contribution in [2.45, 2.75) is 20.0 Å². The molecule has 0 N–H and O–H groups in total. The van der Waals surface area contributed by atoms with E-state index in [1.807, 2.05) is 45.2 Å². The fraction of sp³-hybridized carbons (Fsp3) is 0.167. The molecule has 0 aliphatic carbocycles. The maximum absolute atomic E-state index is 13.8. The van der Waals surface area contributed by atoms with Gasteiger partial charge in [-0.05, 0) is 61.5 Å². The summed E-state index contributed by atoms with van der Waals surface area (Å²) in [5.41, 5.74) is 4.41. The van der Waals surface area contributed by atoms with Crippen molar-refractivity contribution in [2.24, 2.45) is 5.18 Å². The molecule has 0 spiro atoms. The number of carbonyl (C=O) groups excluding carboxylic acids is 1. The van der Waals surface area contributed by atoms with Crippen molar-refractivity contribution in [3.8, 4) is 10.6 Å². The van der Waals surface area contributed by atoms with E-state index in [1.165, 1.54) is 0 Å². The van der Waals surface area contributed by atoms with Gasteiger partial charge >= 0.3 is 0 Å². The van der Waals surface area contributed by atoms with Gasteiger partial charge < -0.3 is 4.90 Å². The molecule has 2 aromatic heterocycles. The number of benzene rings is 2. The standard InChI is InChI=1S/C24H20N4O2S2/c1-14-7-8-20-18(11-14)24(29)28(17-6-4-5-16(12-17)26-30)23(27(20)3)22-10-9-21(32-22)19-13-31-15(2)25-19/h4-13,23H,1-3H3. The van der Waals surface area contributed by atoms with Gasteiger partial charge in [0, 0.05) is 23.0 Å². The number of thiazole rings is 1. The topological polar surface area (TPSA) is 65.9 Å². The first-order chi connectivity index (χ1) is 15.5. The van der Waals surface area contributed by atoms with Crippen molar-refractivity contribution in [3.05, 3.63) is 85.9 Å². The molecular formula is C24H20N4O2S2. The Morgan fingerprint density at radius 2 is 1.91 bits per heavy atom. The van der Waals surface area contributed by atoms with Crippen LogP contribution in [-0.4, -0.2) is 17.9 Å². The molecule has 1 amide bonds. The number of carbonyl (C=O) groups is 1. The molecule has 0 radical (unpaired) electrons. The molecule has 0 saturated heterocycles. The molecule has 0 bridgehead atoms. The fourth-order valence-corrected chi connectivity index (χ4v) is 5.85. The Morgan fingerprint density at radius 3 is 2.66 bits per heavy atom. The highest BCUT2D eigenvalue weighted by atomic mass is 32.1. The van der Waals surface area contributed by atoms with E-state index in [2.05, 4.69) is 32.6 Å². The fourth-order valence-electron chi connectivity index (χ4n) is 4.06. The number of thiophene rings is 1. The molecule has 2 aromatic carbocycles. The first kappa shape index (κ1) is 20.5. The van der Waals surface area contributed by atoms with Crippen molar-refractivity contribution in [2.75, 3.05) is 16.8 Å². The zero-order chi connectivity index (χ0) is 22.4. The van der Waals surface area contributed by atoms with Crippen LogP contribution in [0, 0.1) is 18.8 Å². The van der Waals surface area contributed by atoms with E-state index in [4.69, 9.17) is 0 Å². The van der Waals surface area contributed by atoms with Crippen LogP contribution in [0.5, 0.6) is 0 Å². The predicted molar refractivity (Wildman–Crippen MR) is 131 cm³/mol. The number of rotatable bonds is 4. The highest BCUT2D eigenvalue weighted by Gasteiger charge is 2.39. The monoisotopic (exact) mass is 460 g/mol. The zero-order valence-electron chi connectivity index (χ0n) is 17.8. The van der Waals surface area contributed by atoms with E-state index in [0.29, 0.717) is 11.3 Å². The summed E-state index contributed by atoms with van der Waals surface area (Å²) in [5, 5.41) is 6.14. The van der Waals surface area contributed by atoms with Gasteiger partial charge in [0.25, 0.3) is 5.91 Å². The van der Waals surface area contributed by atoms with Gasteiger partial charge in [-0.3, -0.25) is 9.69 Å². The maximum Gasteiger partial charge on any atom is 0.262 e. The van der Waals surface area contributed by atoms with Crippen LogP contribution >= 0.6 is 22.7 Å². The average molecular weight is 461 g/mol. The Hall–Kier alpha value is -3.36. The smallest absolute Gasteiger partial charge is 0.262 e. The van der Waals surface area contributed by atoms with E-state index >= 15 is 0 Å². The lowest BCUT2D eigenvalue weighted by molar-refractivity contribution is 0.0970. The summed E-state index contributed by atoms with van der Waals surface area (Å²) < 4.78 is 0. The molecule has 32 heavy (non-hydrogen) atoms. The minimum absolute atomic E-state index is 0.102. The van der Waals surface area contributed by atoms with Crippen molar-refractivity contribution in [1.82, 2.24) is 4.98 Å². The van der Waals surface area contributed by atoms with Crippen LogP contribution in [0.25, 0.3) is 10.6 Å². The molecule has 160 valence electrons. The van der Waals surface area contributed by atoms with Gasteiger partial charge in [-0.2, -0.15) is 0 Å². The molecule has 1 atom stereocenters. The van der Waals surface area contributed by atoms with Crippen molar-refractivity contribution < 1.29 is 4.79 Å². The summed E-state index contributed by atoms with van der Waals surface area (Å²) in [7, 11) is 1.99. The second kappa shape index (κ2) is 7.96. The van der Waals surface area contributed by atoms with Gasteiger partial charge in [-0.1, -0.05) is 17.7 Å². The summed E-state index contributed by atoms with van der Waals surface area (Å²) in [4.78, 5) is 35.5. The maximum atomic E-state index is 13.8. The van der Waals surface area contributed by atoms with Crippen molar-refractivity contribution in [3.63, 3.8) is 0 Å². The summed E-state index contributed by atoms with van der Waals surface area (Å²) in [6.45, 7) is 3.97. The van der Waals surface area contributed by atoms with Gasteiger partial charge in [0.05, 0.1) is 26.8 Å². The van der Waals surface area contributed by atoms with Gasteiger partial charge in [-0.25, -0.2) is 4.98 Å². The van der Waals surface area contributed by atoms with Crippen LogP contribution < -0.4 is 9.80 Å². The lowest BCUT2D eigenvalue weighted by atomic mass is 10.0. The average Bonchev–Trinajstić information content (AvgIpc) is 3.45. The molecule has 1 aliphatic heterocycles. The Labute approximate surface area is 193 Å². The minimum Gasteiger partial charge on any atom is -0.349 e. The number of hydrogen-bond acceptors (Lipinski definition) is 7. The second-order valence-corrected chi connectivity index (χ2v) is 9.92. The Kier molecular flexibility index (Phi) is 5.11. The van der Waals surface area contributed by atoms with Crippen LogP contribution in [-0.2, 0) is 0 Å². The van der Waals surface area contributed by atoms with Gasteiger partial charge in [0.15, 0.2) is 0 Å². The SMILES string of the molecule is Cc1ccc2c(c1)C(=O)N(c1cccc(N=O)c1)C(c1ccc(-c3csc(C)n3)s1)N2C. The largest absolute Gasteiger partial charge is 0.349 e.